The molecule has 2 amide bonds. The normalized spacial score (nSPS) is 10.5. The average Bonchev–Trinajstić information content (AvgIpc) is 3.07. The van der Waals surface area contributed by atoms with Crippen LogP contribution in [0.15, 0.2) is 24.3 Å². The first kappa shape index (κ1) is 25.7. The number of halogens is 2. The van der Waals surface area contributed by atoms with Crippen LogP contribution >= 0.6 is 11.3 Å². The lowest BCUT2D eigenvalue weighted by molar-refractivity contribution is -0.119. The maximum Gasteiger partial charge on any atom is 0.387 e. The minimum absolute atomic E-state index is 0.0161. The molecule has 1 heterocycles. The second-order valence-electron chi connectivity index (χ2n) is 6.68. The number of esters is 2. The number of hydrogen-bond acceptors (Lipinski definition) is 8. The van der Waals surface area contributed by atoms with Crippen molar-refractivity contribution < 1.29 is 42.2 Å². The molecule has 0 aliphatic rings. The number of anilines is 1. The molecule has 0 saturated carbocycles. The lowest BCUT2D eigenvalue weighted by Crippen LogP contribution is -2.22. The zero-order chi connectivity index (χ0) is 24.7. The zero-order valence-corrected chi connectivity index (χ0v) is 19.1. The average molecular weight is 484 g/mol. The van der Waals surface area contributed by atoms with E-state index in [1.807, 2.05) is 0 Å². The van der Waals surface area contributed by atoms with E-state index in [1.54, 1.807) is 27.9 Å². The third kappa shape index (κ3) is 6.48. The molecule has 33 heavy (non-hydrogen) atoms. The topological polar surface area (TPSA) is 111 Å². The Morgan fingerprint density at radius 1 is 1.09 bits per heavy atom. The van der Waals surface area contributed by atoms with Gasteiger partial charge in [0.05, 0.1) is 17.0 Å². The van der Waals surface area contributed by atoms with Crippen molar-refractivity contribution in [3.63, 3.8) is 0 Å². The van der Waals surface area contributed by atoms with Crippen molar-refractivity contribution in [3.8, 4) is 5.75 Å². The summed E-state index contributed by atoms with van der Waals surface area (Å²) in [7, 11) is 3.08. The molecule has 1 aromatic heterocycles. The van der Waals surface area contributed by atoms with Crippen molar-refractivity contribution in [2.75, 3.05) is 32.6 Å². The molecule has 0 bridgehead atoms. The van der Waals surface area contributed by atoms with Crippen molar-refractivity contribution >= 4 is 40.1 Å². The number of ether oxygens (including phenoxy) is 3. The van der Waals surface area contributed by atoms with Crippen LogP contribution in [0.1, 0.15) is 42.9 Å². The van der Waals surface area contributed by atoms with Gasteiger partial charge in [-0.1, -0.05) is 12.1 Å². The summed E-state index contributed by atoms with van der Waals surface area (Å²) in [5, 5.41) is 2.49. The van der Waals surface area contributed by atoms with E-state index in [-0.39, 0.29) is 33.5 Å². The van der Waals surface area contributed by atoms with Gasteiger partial charge in [0.2, 0.25) is 0 Å². The van der Waals surface area contributed by atoms with Crippen LogP contribution in [-0.2, 0) is 14.3 Å². The van der Waals surface area contributed by atoms with Crippen LogP contribution in [0, 0.1) is 6.92 Å². The number of alkyl halides is 2. The molecule has 2 rings (SSSR count). The molecule has 178 valence electrons. The van der Waals surface area contributed by atoms with E-state index >= 15 is 0 Å². The first-order valence-electron chi connectivity index (χ1n) is 9.59. The summed E-state index contributed by atoms with van der Waals surface area (Å²) >= 11 is 0.877. The molecule has 0 radical (unpaired) electrons. The van der Waals surface area contributed by atoms with Crippen LogP contribution in [0.25, 0.3) is 0 Å². The first-order valence-corrected chi connectivity index (χ1v) is 10.4. The van der Waals surface area contributed by atoms with Crippen LogP contribution < -0.4 is 10.1 Å². The predicted octanol–water partition coefficient (Wildman–Crippen LogP) is 3.33. The first-order chi connectivity index (χ1) is 15.6. The van der Waals surface area contributed by atoms with Crippen molar-refractivity contribution in [2.45, 2.75) is 20.5 Å². The third-order valence-electron chi connectivity index (χ3n) is 4.14. The minimum Gasteiger partial charge on any atom is -0.462 e. The molecule has 0 aliphatic heterocycles. The summed E-state index contributed by atoms with van der Waals surface area (Å²) in [6.07, 6.45) is 0. The largest absolute Gasteiger partial charge is 0.462 e. The Kier molecular flexibility index (Phi) is 8.85. The van der Waals surface area contributed by atoms with Crippen LogP contribution in [0.5, 0.6) is 5.75 Å². The van der Waals surface area contributed by atoms with E-state index in [0.29, 0.717) is 5.56 Å². The van der Waals surface area contributed by atoms with Gasteiger partial charge in [0.1, 0.15) is 16.3 Å². The van der Waals surface area contributed by atoms with Gasteiger partial charge < -0.3 is 24.4 Å². The van der Waals surface area contributed by atoms with Gasteiger partial charge >= 0.3 is 18.6 Å². The van der Waals surface area contributed by atoms with Crippen molar-refractivity contribution in [1.29, 1.82) is 0 Å². The van der Waals surface area contributed by atoms with Gasteiger partial charge in [-0.3, -0.25) is 9.59 Å². The number of nitrogens with zero attached hydrogens (tertiary/aromatic N) is 1. The Morgan fingerprint density at radius 2 is 1.76 bits per heavy atom. The summed E-state index contributed by atoms with van der Waals surface area (Å²) in [6.45, 7) is -0.688. The van der Waals surface area contributed by atoms with Crippen LogP contribution in [-0.4, -0.2) is 62.6 Å². The summed E-state index contributed by atoms with van der Waals surface area (Å²) in [4.78, 5) is 51.0. The second kappa shape index (κ2) is 11.4. The van der Waals surface area contributed by atoms with Crippen LogP contribution in [0.3, 0.4) is 0 Å². The molecular weight excluding hydrogens is 462 g/mol. The smallest absolute Gasteiger partial charge is 0.387 e. The minimum atomic E-state index is -3.15. The lowest BCUT2D eigenvalue weighted by Gasteiger charge is -2.10. The molecular formula is C21H22F2N2O7S. The number of thiophene rings is 1. The number of nitrogens with one attached hydrogen (secondary N) is 1. The standard InChI is InChI=1S/C21H22F2N2O7S/c1-5-30-20(29)15-11(2)16(18(27)25(3)4)33-17(15)24-14(26)10-31-19(28)12-8-6-7-9-13(12)32-21(22)23/h6-9,21H,5,10H2,1-4H3,(H,24,26). The molecule has 1 N–H and O–H groups in total. The molecule has 1 aromatic carbocycles. The number of carbonyl (C=O) groups is 4. The maximum absolute atomic E-state index is 12.5. The van der Waals surface area contributed by atoms with Crippen molar-refractivity contribution in [3.05, 3.63) is 45.8 Å². The highest BCUT2D eigenvalue weighted by Crippen LogP contribution is 2.34. The Hall–Kier alpha value is -3.54. The fourth-order valence-corrected chi connectivity index (χ4v) is 3.90. The summed E-state index contributed by atoms with van der Waals surface area (Å²) in [5.41, 5.74) is 0.0635. The summed E-state index contributed by atoms with van der Waals surface area (Å²) < 4.78 is 39.2. The molecule has 0 atom stereocenters. The number of benzene rings is 1. The monoisotopic (exact) mass is 484 g/mol. The second-order valence-corrected chi connectivity index (χ2v) is 7.70. The molecule has 12 heteroatoms. The van der Waals surface area contributed by atoms with E-state index in [1.165, 1.54) is 23.1 Å². The van der Waals surface area contributed by atoms with Crippen molar-refractivity contribution in [1.82, 2.24) is 4.90 Å². The Balaban J connectivity index is 2.18. The van der Waals surface area contributed by atoms with E-state index in [9.17, 15) is 28.0 Å². The van der Waals surface area contributed by atoms with Crippen LogP contribution in [0.2, 0.25) is 0 Å². The molecule has 9 nitrogen and oxygen atoms in total. The summed E-state index contributed by atoms with van der Waals surface area (Å²) in [5.74, 6) is -3.37. The Labute approximate surface area is 192 Å². The number of rotatable bonds is 9. The van der Waals surface area contributed by atoms with Gasteiger partial charge in [0.25, 0.3) is 11.8 Å². The van der Waals surface area contributed by atoms with Gasteiger partial charge in [0, 0.05) is 14.1 Å². The number of carbonyl (C=O) groups excluding carboxylic acids is 4. The predicted molar refractivity (Wildman–Crippen MR) is 115 cm³/mol. The van der Waals surface area contributed by atoms with Crippen LogP contribution in [0.4, 0.5) is 13.8 Å². The molecule has 2 aromatic rings. The maximum atomic E-state index is 12.5. The zero-order valence-electron chi connectivity index (χ0n) is 18.3. The molecule has 0 aliphatic carbocycles. The fourth-order valence-electron chi connectivity index (χ4n) is 2.66. The molecule has 0 spiro atoms. The molecule has 0 fully saturated rings. The quantitative estimate of drug-likeness (QED) is 0.544. The number of amides is 2. The Morgan fingerprint density at radius 3 is 2.36 bits per heavy atom. The number of para-hydroxylation sites is 1. The van der Waals surface area contributed by atoms with Gasteiger partial charge in [0.15, 0.2) is 6.61 Å². The SMILES string of the molecule is CCOC(=O)c1c(NC(=O)COC(=O)c2ccccc2OC(F)F)sc(C(=O)N(C)C)c1C. The highest BCUT2D eigenvalue weighted by atomic mass is 32.1. The van der Waals surface area contributed by atoms with Gasteiger partial charge in [-0.15, -0.1) is 11.3 Å². The Bertz CT molecular complexity index is 1050. The third-order valence-corrected chi connectivity index (χ3v) is 5.33. The number of hydrogen-bond donors (Lipinski definition) is 1. The van der Waals surface area contributed by atoms with Crippen molar-refractivity contribution in [2.24, 2.45) is 0 Å². The van der Waals surface area contributed by atoms with E-state index < -0.39 is 36.8 Å². The van der Waals surface area contributed by atoms with E-state index in [4.69, 9.17) is 9.47 Å². The van der Waals surface area contributed by atoms with E-state index in [0.717, 1.165) is 17.4 Å². The van der Waals surface area contributed by atoms with Gasteiger partial charge in [-0.2, -0.15) is 8.78 Å². The highest BCUT2D eigenvalue weighted by molar-refractivity contribution is 7.18. The fraction of sp³-hybridized carbons (Fsp3) is 0.333. The molecule has 0 saturated heterocycles. The van der Waals surface area contributed by atoms with E-state index in [2.05, 4.69) is 10.1 Å². The summed E-state index contributed by atoms with van der Waals surface area (Å²) in [6, 6.07) is 5.17. The molecule has 0 unspecified atom stereocenters. The van der Waals surface area contributed by atoms with Gasteiger partial charge in [-0.05, 0) is 31.5 Å². The highest BCUT2D eigenvalue weighted by Gasteiger charge is 2.27. The lowest BCUT2D eigenvalue weighted by atomic mass is 10.1. The van der Waals surface area contributed by atoms with Gasteiger partial charge in [-0.25, -0.2) is 9.59 Å².